The topological polar surface area (TPSA) is 42.0 Å². The molecule has 0 unspecified atom stereocenters. The average Bonchev–Trinajstić information content (AvgIpc) is 2.91. The first-order valence-electron chi connectivity index (χ1n) is 10.7. The van der Waals surface area contributed by atoms with Gasteiger partial charge in [-0.15, -0.1) is 0 Å². The molecule has 1 atom stereocenters. The largest absolute Gasteiger partial charge is 0.490 e. The van der Waals surface area contributed by atoms with Gasteiger partial charge in [-0.25, -0.2) is 0 Å². The van der Waals surface area contributed by atoms with E-state index in [9.17, 15) is 4.79 Å². The van der Waals surface area contributed by atoms with Gasteiger partial charge in [-0.3, -0.25) is 9.69 Å². The quantitative estimate of drug-likeness (QED) is 0.708. The van der Waals surface area contributed by atoms with Gasteiger partial charge in [0.1, 0.15) is 23.7 Å². The number of halogens is 1. The smallest absolute Gasteiger partial charge is 0.223 e. The van der Waals surface area contributed by atoms with Crippen LogP contribution in [0.2, 0.25) is 5.02 Å². The summed E-state index contributed by atoms with van der Waals surface area (Å²) >= 11 is 5.93. The van der Waals surface area contributed by atoms with Gasteiger partial charge in [0.2, 0.25) is 5.91 Å². The second kappa shape index (κ2) is 9.71. The summed E-state index contributed by atoms with van der Waals surface area (Å²) in [5.74, 6) is 2.02. The molecule has 1 amide bonds. The normalized spacial score (nSPS) is 20.2. The van der Waals surface area contributed by atoms with Gasteiger partial charge in [-0.1, -0.05) is 29.8 Å². The predicted octanol–water partition coefficient (Wildman–Crippen LogP) is 4.38. The number of fused-ring (bicyclic) bond motifs is 1. The zero-order chi connectivity index (χ0) is 20.9. The number of ether oxygens (including phenoxy) is 2. The Labute approximate surface area is 183 Å². The minimum Gasteiger partial charge on any atom is -0.490 e. The van der Waals surface area contributed by atoms with Crippen molar-refractivity contribution < 1.29 is 14.3 Å². The lowest BCUT2D eigenvalue weighted by Crippen LogP contribution is -2.43. The summed E-state index contributed by atoms with van der Waals surface area (Å²) in [7, 11) is 0. The second-order valence-electron chi connectivity index (χ2n) is 8.17. The van der Waals surface area contributed by atoms with Gasteiger partial charge in [-0.05, 0) is 37.3 Å². The van der Waals surface area contributed by atoms with Crippen molar-refractivity contribution in [3.05, 3.63) is 59.1 Å². The van der Waals surface area contributed by atoms with E-state index in [0.29, 0.717) is 11.4 Å². The molecule has 0 radical (unpaired) electrons. The van der Waals surface area contributed by atoms with Gasteiger partial charge in [0.25, 0.3) is 0 Å². The predicted molar refractivity (Wildman–Crippen MR) is 118 cm³/mol. The number of nitrogens with zero attached hydrogens (tertiary/aromatic N) is 2. The van der Waals surface area contributed by atoms with Crippen molar-refractivity contribution in [1.29, 1.82) is 0 Å². The van der Waals surface area contributed by atoms with Crippen molar-refractivity contribution in [2.45, 2.75) is 44.9 Å². The monoisotopic (exact) mass is 428 g/mol. The van der Waals surface area contributed by atoms with Gasteiger partial charge in [0, 0.05) is 62.6 Å². The number of hydrogen-bond acceptors (Lipinski definition) is 4. The molecule has 4 rings (SSSR count). The minimum atomic E-state index is 0.115. The van der Waals surface area contributed by atoms with Crippen molar-refractivity contribution in [1.82, 2.24) is 9.80 Å². The van der Waals surface area contributed by atoms with Crippen LogP contribution in [0, 0.1) is 0 Å². The first-order chi connectivity index (χ1) is 14.6. The Morgan fingerprint density at radius 3 is 2.63 bits per heavy atom. The zero-order valence-corrected chi connectivity index (χ0v) is 18.2. The summed E-state index contributed by atoms with van der Waals surface area (Å²) in [6.45, 7) is 5.99. The van der Waals surface area contributed by atoms with E-state index in [1.54, 1.807) is 0 Å². The Morgan fingerprint density at radius 2 is 1.87 bits per heavy atom. The SMILES string of the molecule is C[C@H]1CN(CCC(=O)N2CCC(Oc3ccc(Cl)cc3)CC2)Cc2ccccc2O1. The van der Waals surface area contributed by atoms with Crippen LogP contribution in [0.5, 0.6) is 11.5 Å². The van der Waals surface area contributed by atoms with E-state index in [1.807, 2.05) is 47.4 Å². The maximum Gasteiger partial charge on any atom is 0.223 e. The fraction of sp³-hybridized carbons (Fsp3) is 0.458. The van der Waals surface area contributed by atoms with E-state index in [0.717, 1.165) is 57.1 Å². The van der Waals surface area contributed by atoms with Crippen molar-refractivity contribution in [2.75, 3.05) is 26.2 Å². The highest BCUT2D eigenvalue weighted by Gasteiger charge is 2.25. The highest BCUT2D eigenvalue weighted by atomic mass is 35.5. The summed E-state index contributed by atoms with van der Waals surface area (Å²) < 4.78 is 12.1. The number of benzene rings is 2. The van der Waals surface area contributed by atoms with Crippen LogP contribution >= 0.6 is 11.6 Å². The van der Waals surface area contributed by atoms with Gasteiger partial charge >= 0.3 is 0 Å². The number of para-hydroxylation sites is 1. The number of piperidine rings is 1. The van der Waals surface area contributed by atoms with Gasteiger partial charge in [0.15, 0.2) is 0 Å². The average molecular weight is 429 g/mol. The summed E-state index contributed by atoms with van der Waals surface area (Å²) in [4.78, 5) is 17.1. The summed E-state index contributed by atoms with van der Waals surface area (Å²) in [5.41, 5.74) is 1.19. The van der Waals surface area contributed by atoms with Crippen LogP contribution in [0.1, 0.15) is 31.7 Å². The Morgan fingerprint density at radius 1 is 1.13 bits per heavy atom. The van der Waals surface area contributed by atoms with Gasteiger partial charge in [0.05, 0.1) is 0 Å². The lowest BCUT2D eigenvalue weighted by Gasteiger charge is -2.33. The molecule has 0 bridgehead atoms. The lowest BCUT2D eigenvalue weighted by molar-refractivity contribution is -0.133. The molecule has 0 spiro atoms. The molecule has 0 aromatic heterocycles. The molecular weight excluding hydrogens is 400 g/mol. The van der Waals surface area contributed by atoms with Crippen molar-refractivity contribution in [3.63, 3.8) is 0 Å². The molecule has 0 N–H and O–H groups in total. The Balaban J connectivity index is 1.23. The van der Waals surface area contributed by atoms with E-state index in [1.165, 1.54) is 5.56 Å². The number of carbonyl (C=O) groups excluding carboxylic acids is 1. The molecule has 160 valence electrons. The molecule has 2 aromatic rings. The molecule has 6 heteroatoms. The fourth-order valence-corrected chi connectivity index (χ4v) is 4.31. The maximum absolute atomic E-state index is 12.8. The number of hydrogen-bond donors (Lipinski definition) is 0. The van der Waals surface area contributed by atoms with Crippen LogP contribution < -0.4 is 9.47 Å². The number of carbonyl (C=O) groups is 1. The first kappa shape index (κ1) is 21.0. The maximum atomic E-state index is 12.8. The molecule has 5 nitrogen and oxygen atoms in total. The van der Waals surface area contributed by atoms with Crippen molar-refractivity contribution in [2.24, 2.45) is 0 Å². The Bertz CT molecular complexity index is 850. The van der Waals surface area contributed by atoms with Gasteiger partial charge < -0.3 is 14.4 Å². The molecule has 0 saturated carbocycles. The first-order valence-corrected chi connectivity index (χ1v) is 11.1. The van der Waals surface area contributed by atoms with E-state index < -0.39 is 0 Å². The fourth-order valence-electron chi connectivity index (χ4n) is 4.18. The number of amides is 1. The molecule has 1 fully saturated rings. The highest BCUT2D eigenvalue weighted by Crippen LogP contribution is 2.25. The van der Waals surface area contributed by atoms with Crippen LogP contribution in [-0.2, 0) is 11.3 Å². The van der Waals surface area contributed by atoms with E-state index in [4.69, 9.17) is 21.1 Å². The third-order valence-electron chi connectivity index (χ3n) is 5.76. The molecule has 0 aliphatic carbocycles. The van der Waals surface area contributed by atoms with Crippen molar-refractivity contribution >= 4 is 17.5 Å². The molecule has 2 aromatic carbocycles. The Kier molecular flexibility index (Phi) is 6.80. The van der Waals surface area contributed by atoms with Crippen LogP contribution in [-0.4, -0.2) is 54.1 Å². The second-order valence-corrected chi connectivity index (χ2v) is 8.61. The van der Waals surface area contributed by atoms with E-state index in [2.05, 4.69) is 17.9 Å². The van der Waals surface area contributed by atoms with Gasteiger partial charge in [-0.2, -0.15) is 0 Å². The minimum absolute atomic E-state index is 0.115. The van der Waals surface area contributed by atoms with E-state index >= 15 is 0 Å². The van der Waals surface area contributed by atoms with E-state index in [-0.39, 0.29) is 18.1 Å². The third kappa shape index (κ3) is 5.46. The summed E-state index contributed by atoms with van der Waals surface area (Å²) in [6, 6.07) is 15.6. The summed E-state index contributed by atoms with van der Waals surface area (Å²) in [6.07, 6.45) is 2.52. The zero-order valence-electron chi connectivity index (χ0n) is 17.4. The standard InChI is InChI=1S/C24H29ClN2O3/c1-18-16-26(17-19-4-2-3-5-23(19)29-18)13-12-24(28)27-14-10-22(11-15-27)30-21-8-6-20(25)7-9-21/h2-9,18,22H,10-17H2,1H3/t18-/m0/s1. The van der Waals surface area contributed by atoms with Crippen molar-refractivity contribution in [3.8, 4) is 11.5 Å². The van der Waals surface area contributed by atoms with Crippen LogP contribution in [0.25, 0.3) is 0 Å². The van der Waals surface area contributed by atoms with Crippen LogP contribution in [0.15, 0.2) is 48.5 Å². The molecule has 2 aliphatic heterocycles. The number of likely N-dealkylation sites (tertiary alicyclic amines) is 1. The lowest BCUT2D eigenvalue weighted by atomic mass is 10.1. The summed E-state index contributed by atoms with van der Waals surface area (Å²) in [5, 5.41) is 0.705. The van der Waals surface area contributed by atoms with Crippen LogP contribution in [0.3, 0.4) is 0 Å². The number of rotatable bonds is 5. The third-order valence-corrected chi connectivity index (χ3v) is 6.01. The molecule has 1 saturated heterocycles. The molecule has 2 aliphatic rings. The highest BCUT2D eigenvalue weighted by molar-refractivity contribution is 6.30. The molecule has 30 heavy (non-hydrogen) atoms. The molecule has 2 heterocycles. The van der Waals surface area contributed by atoms with Crippen LogP contribution in [0.4, 0.5) is 0 Å². The molecular formula is C24H29ClN2O3. The Hall–Kier alpha value is -2.24.